The van der Waals surface area contributed by atoms with Gasteiger partial charge in [0.2, 0.25) is 10.0 Å². The van der Waals surface area contributed by atoms with Crippen LogP contribution in [0.3, 0.4) is 0 Å². The molecule has 2 atom stereocenters. The number of pyridine rings is 1. The van der Waals surface area contributed by atoms with Crippen molar-refractivity contribution in [1.29, 1.82) is 0 Å². The summed E-state index contributed by atoms with van der Waals surface area (Å²) in [6, 6.07) is 2.12. The van der Waals surface area contributed by atoms with E-state index in [0.29, 0.717) is 0 Å². The second kappa shape index (κ2) is 6.15. The maximum absolute atomic E-state index is 12.2. The molecule has 0 aliphatic heterocycles. The summed E-state index contributed by atoms with van der Waals surface area (Å²) >= 11 is 3.48. The third-order valence-corrected chi connectivity index (χ3v) is 5.78. The van der Waals surface area contributed by atoms with Crippen molar-refractivity contribution >= 4 is 31.8 Å². The van der Waals surface area contributed by atoms with Gasteiger partial charge in [0.1, 0.15) is 4.90 Å². The average molecular weight is 364 g/mol. The van der Waals surface area contributed by atoms with Crippen molar-refractivity contribution in [3.8, 4) is 0 Å². The highest BCUT2D eigenvalue weighted by atomic mass is 79.9. The number of rotatable bonds is 4. The molecule has 1 aromatic heterocycles. The maximum atomic E-state index is 12.2. The predicted octanol–water partition coefficient (Wildman–Crippen LogP) is 1.97. The summed E-state index contributed by atoms with van der Waals surface area (Å²) in [5.41, 5.74) is 0. The lowest BCUT2D eigenvalue weighted by molar-refractivity contribution is -0.389. The van der Waals surface area contributed by atoms with Crippen LogP contribution in [0.1, 0.15) is 25.7 Å². The average Bonchev–Trinajstić information content (AvgIpc) is 2.41. The summed E-state index contributed by atoms with van der Waals surface area (Å²) in [6.45, 7) is 0. The van der Waals surface area contributed by atoms with Gasteiger partial charge in [0.05, 0.1) is 0 Å². The molecule has 0 spiro atoms. The lowest BCUT2D eigenvalue weighted by Gasteiger charge is -2.27. The normalized spacial score (nSPS) is 23.4. The molecule has 1 aliphatic carbocycles. The van der Waals surface area contributed by atoms with Crippen molar-refractivity contribution < 1.29 is 13.3 Å². The number of halogens is 1. The molecule has 1 N–H and O–H groups in total. The van der Waals surface area contributed by atoms with Crippen LogP contribution < -0.4 is 4.72 Å². The molecule has 1 fully saturated rings. The smallest absolute Gasteiger partial charge is 0.358 e. The number of nitrogens with one attached hydrogen (secondary N) is 1. The van der Waals surface area contributed by atoms with E-state index in [1.807, 2.05) is 0 Å². The van der Waals surface area contributed by atoms with E-state index in [1.165, 1.54) is 6.07 Å². The Morgan fingerprint density at radius 2 is 2.05 bits per heavy atom. The van der Waals surface area contributed by atoms with Crippen LogP contribution >= 0.6 is 15.9 Å². The molecule has 20 heavy (non-hydrogen) atoms. The van der Waals surface area contributed by atoms with Crippen molar-refractivity contribution in [2.24, 2.45) is 0 Å². The van der Waals surface area contributed by atoms with Gasteiger partial charge in [-0.2, -0.15) is 0 Å². The molecule has 0 radical (unpaired) electrons. The zero-order chi connectivity index (χ0) is 14.8. The first kappa shape index (κ1) is 15.3. The van der Waals surface area contributed by atoms with E-state index in [2.05, 4.69) is 25.6 Å². The minimum atomic E-state index is -3.70. The molecule has 2 unspecified atom stereocenters. The zero-order valence-electron chi connectivity index (χ0n) is 10.5. The maximum Gasteiger partial charge on any atom is 0.363 e. The Morgan fingerprint density at radius 3 is 2.60 bits per heavy atom. The monoisotopic (exact) mass is 363 g/mol. The van der Waals surface area contributed by atoms with E-state index >= 15 is 0 Å². The first-order chi connectivity index (χ1) is 9.40. The molecule has 0 bridgehead atoms. The predicted molar refractivity (Wildman–Crippen MR) is 76.2 cm³/mol. The van der Waals surface area contributed by atoms with Crippen LogP contribution in [-0.4, -0.2) is 29.2 Å². The molecule has 9 heteroatoms. The molecule has 7 nitrogen and oxygen atoms in total. The fraction of sp³-hybridized carbons (Fsp3) is 0.545. The fourth-order valence-corrected chi connectivity index (χ4v) is 4.28. The zero-order valence-corrected chi connectivity index (χ0v) is 12.9. The third kappa shape index (κ3) is 3.53. The Bertz CT molecular complexity index is 590. The van der Waals surface area contributed by atoms with Gasteiger partial charge in [-0.25, -0.2) is 13.1 Å². The van der Waals surface area contributed by atoms with Gasteiger partial charge >= 0.3 is 5.82 Å². The van der Waals surface area contributed by atoms with Crippen LogP contribution in [0.25, 0.3) is 0 Å². The number of alkyl halides is 1. The van der Waals surface area contributed by atoms with Crippen LogP contribution in [-0.2, 0) is 10.0 Å². The van der Waals surface area contributed by atoms with Crippen LogP contribution in [0.2, 0.25) is 0 Å². The molecule has 0 saturated heterocycles. The summed E-state index contributed by atoms with van der Waals surface area (Å²) in [7, 11) is -3.70. The van der Waals surface area contributed by atoms with Crippen molar-refractivity contribution in [3.63, 3.8) is 0 Å². The lowest BCUT2D eigenvalue weighted by atomic mass is 9.96. The van der Waals surface area contributed by atoms with Crippen molar-refractivity contribution in [1.82, 2.24) is 9.71 Å². The summed E-state index contributed by atoms with van der Waals surface area (Å²) in [5, 5.41) is 10.5. The highest BCUT2D eigenvalue weighted by molar-refractivity contribution is 9.09. The van der Waals surface area contributed by atoms with Crippen LogP contribution in [0, 0.1) is 10.1 Å². The Morgan fingerprint density at radius 1 is 1.35 bits per heavy atom. The summed E-state index contributed by atoms with van der Waals surface area (Å²) in [4.78, 5) is 13.4. The molecular weight excluding hydrogens is 350 g/mol. The standard InChI is InChI=1S/C11H14BrN3O4S/c12-9-3-1-2-4-10(9)14-20(18,19)8-5-6-11(13-7-8)15(16)17/h5-7,9-10,14H,1-4H2. The summed E-state index contributed by atoms with van der Waals surface area (Å²) in [5.74, 6) is -0.375. The number of hydrogen-bond acceptors (Lipinski definition) is 5. The largest absolute Gasteiger partial charge is 0.363 e. The van der Waals surface area contributed by atoms with E-state index in [9.17, 15) is 18.5 Å². The van der Waals surface area contributed by atoms with Crippen molar-refractivity contribution in [2.75, 3.05) is 0 Å². The molecule has 0 aromatic carbocycles. The molecule has 110 valence electrons. The van der Waals surface area contributed by atoms with Crippen molar-refractivity contribution in [3.05, 3.63) is 28.4 Å². The molecule has 1 aliphatic rings. The second-order valence-electron chi connectivity index (χ2n) is 4.64. The van der Waals surface area contributed by atoms with E-state index < -0.39 is 14.9 Å². The fourth-order valence-electron chi connectivity index (χ4n) is 2.13. The van der Waals surface area contributed by atoms with Gasteiger partial charge in [0.15, 0.2) is 6.20 Å². The number of sulfonamides is 1. The third-order valence-electron chi connectivity index (χ3n) is 3.21. The molecular formula is C11H14BrN3O4S. The van der Waals surface area contributed by atoms with Crippen LogP contribution in [0.4, 0.5) is 5.82 Å². The van der Waals surface area contributed by atoms with Crippen LogP contribution in [0.15, 0.2) is 23.2 Å². The topological polar surface area (TPSA) is 102 Å². The molecule has 1 saturated carbocycles. The number of nitro groups is 1. The van der Waals surface area contributed by atoms with Gasteiger partial charge in [-0.3, -0.25) is 0 Å². The van der Waals surface area contributed by atoms with Crippen molar-refractivity contribution in [2.45, 2.75) is 41.4 Å². The van der Waals surface area contributed by atoms with E-state index in [-0.39, 0.29) is 21.6 Å². The van der Waals surface area contributed by atoms with Gasteiger partial charge in [0.25, 0.3) is 0 Å². The molecule has 0 amide bonds. The van der Waals surface area contributed by atoms with Gasteiger partial charge in [-0.05, 0) is 28.8 Å². The van der Waals surface area contributed by atoms with Gasteiger partial charge in [-0.15, -0.1) is 0 Å². The number of hydrogen-bond donors (Lipinski definition) is 1. The highest BCUT2D eigenvalue weighted by Crippen LogP contribution is 2.26. The highest BCUT2D eigenvalue weighted by Gasteiger charge is 2.28. The summed E-state index contributed by atoms with van der Waals surface area (Å²) < 4.78 is 27.0. The second-order valence-corrected chi connectivity index (χ2v) is 7.53. The van der Waals surface area contributed by atoms with E-state index in [1.54, 1.807) is 0 Å². The summed E-state index contributed by atoms with van der Waals surface area (Å²) in [6.07, 6.45) is 4.76. The molecule has 2 rings (SSSR count). The van der Waals surface area contributed by atoms with Crippen LogP contribution in [0.5, 0.6) is 0 Å². The first-order valence-corrected chi connectivity index (χ1v) is 8.57. The van der Waals surface area contributed by atoms with Gasteiger partial charge < -0.3 is 10.1 Å². The van der Waals surface area contributed by atoms with Gasteiger partial charge in [0, 0.05) is 16.9 Å². The molecule has 1 aromatic rings. The Balaban J connectivity index is 2.15. The van der Waals surface area contributed by atoms with E-state index in [0.717, 1.165) is 37.9 Å². The van der Waals surface area contributed by atoms with Gasteiger partial charge in [-0.1, -0.05) is 28.8 Å². The molecule has 1 heterocycles. The number of nitrogens with zero attached hydrogens (tertiary/aromatic N) is 2. The number of aromatic nitrogens is 1. The minimum Gasteiger partial charge on any atom is -0.358 e. The quantitative estimate of drug-likeness (QED) is 0.500. The SMILES string of the molecule is O=[N+]([O-])c1ccc(S(=O)(=O)NC2CCCCC2Br)cn1. The Kier molecular flexibility index (Phi) is 4.71. The van der Waals surface area contributed by atoms with E-state index in [4.69, 9.17) is 0 Å². The first-order valence-electron chi connectivity index (χ1n) is 6.17. The lowest BCUT2D eigenvalue weighted by Crippen LogP contribution is -2.42. The Labute approximate surface area is 125 Å². The Hall–Kier alpha value is -1.06. The minimum absolute atomic E-state index is 0.0617.